The third-order valence-electron chi connectivity index (χ3n) is 2.31. The van der Waals surface area contributed by atoms with E-state index in [0.29, 0.717) is 0 Å². The Morgan fingerprint density at radius 3 is 2.88 bits per heavy atom. The summed E-state index contributed by atoms with van der Waals surface area (Å²) in [5.74, 6) is -0.171. The van der Waals surface area contributed by atoms with Crippen molar-refractivity contribution in [2.24, 2.45) is 5.73 Å². The van der Waals surface area contributed by atoms with Crippen molar-refractivity contribution in [3.8, 4) is 0 Å². The van der Waals surface area contributed by atoms with Crippen LogP contribution < -0.4 is 11.1 Å². The number of aromatic nitrogens is 1. The van der Waals surface area contributed by atoms with Crippen LogP contribution in [0.5, 0.6) is 0 Å². The Hall–Kier alpha value is -1.24. The molecule has 4 nitrogen and oxygen atoms in total. The number of hydrogen-bond acceptors (Lipinski definition) is 5. The molecule has 0 aliphatic carbocycles. The first kappa shape index (κ1) is 12.2. The van der Waals surface area contributed by atoms with Crippen molar-refractivity contribution >= 4 is 28.6 Å². The molecule has 1 amide bonds. The van der Waals surface area contributed by atoms with Crippen molar-refractivity contribution in [1.82, 2.24) is 10.3 Å². The summed E-state index contributed by atoms with van der Waals surface area (Å²) in [7, 11) is 0. The number of nitrogens with one attached hydrogen (secondary N) is 1. The molecule has 0 spiro atoms. The maximum absolute atomic E-state index is 11.9. The van der Waals surface area contributed by atoms with E-state index in [1.54, 1.807) is 6.20 Å². The van der Waals surface area contributed by atoms with Gasteiger partial charge < -0.3 is 11.1 Å². The molecule has 2 aromatic heterocycles. The van der Waals surface area contributed by atoms with Gasteiger partial charge in [0.1, 0.15) is 11.0 Å². The van der Waals surface area contributed by atoms with Gasteiger partial charge in [-0.05, 0) is 18.4 Å². The highest BCUT2D eigenvalue weighted by atomic mass is 32.1. The summed E-state index contributed by atoms with van der Waals surface area (Å²) in [6.07, 6.45) is 1.72. The van der Waals surface area contributed by atoms with E-state index in [1.807, 2.05) is 29.8 Å². The molecule has 90 valence electrons. The highest BCUT2D eigenvalue weighted by Gasteiger charge is 2.19. The molecular formula is C11H13N3OS2. The molecule has 0 aromatic carbocycles. The predicted octanol–water partition coefficient (Wildman–Crippen LogP) is 2.08. The van der Waals surface area contributed by atoms with Gasteiger partial charge in [-0.3, -0.25) is 4.79 Å². The third kappa shape index (κ3) is 2.91. The summed E-state index contributed by atoms with van der Waals surface area (Å²) in [6.45, 7) is 1.90. The zero-order valence-corrected chi connectivity index (χ0v) is 10.9. The number of hydrogen-bond donors (Lipinski definition) is 2. The van der Waals surface area contributed by atoms with Gasteiger partial charge in [-0.15, -0.1) is 22.7 Å². The van der Waals surface area contributed by atoms with E-state index < -0.39 is 6.04 Å². The van der Waals surface area contributed by atoms with Crippen LogP contribution in [-0.4, -0.2) is 10.9 Å². The van der Waals surface area contributed by atoms with E-state index in [1.165, 1.54) is 22.7 Å². The first-order chi connectivity index (χ1) is 8.18. The lowest BCUT2D eigenvalue weighted by molar-refractivity contribution is -0.123. The number of thiazole rings is 1. The third-order valence-corrected chi connectivity index (χ3v) is 4.23. The van der Waals surface area contributed by atoms with Crippen molar-refractivity contribution in [1.29, 1.82) is 0 Å². The first-order valence-corrected chi connectivity index (χ1v) is 6.93. The molecule has 0 saturated carbocycles. The van der Waals surface area contributed by atoms with E-state index in [2.05, 4.69) is 10.3 Å². The quantitative estimate of drug-likeness (QED) is 0.891. The number of thiophene rings is 1. The van der Waals surface area contributed by atoms with Crippen LogP contribution in [0.1, 0.15) is 28.9 Å². The molecule has 2 aromatic rings. The Morgan fingerprint density at radius 1 is 1.47 bits per heavy atom. The maximum Gasteiger partial charge on any atom is 0.242 e. The van der Waals surface area contributed by atoms with Crippen molar-refractivity contribution in [3.63, 3.8) is 0 Å². The minimum atomic E-state index is -0.600. The second-order valence-electron chi connectivity index (χ2n) is 3.59. The number of carbonyl (C=O) groups excluding carboxylic acids is 1. The van der Waals surface area contributed by atoms with E-state index in [4.69, 9.17) is 5.73 Å². The minimum Gasteiger partial charge on any atom is -0.345 e. The van der Waals surface area contributed by atoms with Crippen LogP contribution in [0.15, 0.2) is 29.1 Å². The second kappa shape index (κ2) is 5.39. The molecule has 2 heterocycles. The topological polar surface area (TPSA) is 68.0 Å². The molecule has 6 heteroatoms. The van der Waals surface area contributed by atoms with Crippen LogP contribution in [0.25, 0.3) is 0 Å². The van der Waals surface area contributed by atoms with Gasteiger partial charge in [-0.1, -0.05) is 6.07 Å². The largest absolute Gasteiger partial charge is 0.345 e. The van der Waals surface area contributed by atoms with E-state index in [0.717, 1.165) is 9.88 Å². The number of amides is 1. The number of nitrogens with zero attached hydrogens (tertiary/aromatic N) is 1. The zero-order chi connectivity index (χ0) is 12.3. The fourth-order valence-electron chi connectivity index (χ4n) is 1.41. The fraction of sp³-hybridized carbons (Fsp3) is 0.273. The van der Waals surface area contributed by atoms with Gasteiger partial charge in [0, 0.05) is 16.5 Å². The average Bonchev–Trinajstić information content (AvgIpc) is 3.00. The van der Waals surface area contributed by atoms with Crippen LogP contribution in [0.2, 0.25) is 0 Å². The summed E-state index contributed by atoms with van der Waals surface area (Å²) in [4.78, 5) is 16.9. The summed E-state index contributed by atoms with van der Waals surface area (Å²) in [5, 5.41) is 7.54. The molecule has 2 unspecified atom stereocenters. The monoisotopic (exact) mass is 267 g/mol. The number of nitrogens with two attached hydrogens (primary N) is 1. The Labute approximate surface area is 107 Å². The molecule has 3 N–H and O–H groups in total. The lowest BCUT2D eigenvalue weighted by Crippen LogP contribution is -2.35. The summed E-state index contributed by atoms with van der Waals surface area (Å²) in [6, 6.07) is 3.05. The molecule has 2 rings (SSSR count). The van der Waals surface area contributed by atoms with Crippen LogP contribution in [-0.2, 0) is 4.79 Å². The maximum atomic E-state index is 11.9. The molecule has 0 aliphatic rings. The SMILES string of the molecule is CC(NC(=O)C(N)c1cccs1)c1nccs1. The molecule has 0 aliphatic heterocycles. The lowest BCUT2D eigenvalue weighted by Gasteiger charge is -2.14. The zero-order valence-electron chi connectivity index (χ0n) is 9.29. The van der Waals surface area contributed by atoms with Gasteiger partial charge in [0.25, 0.3) is 0 Å². The van der Waals surface area contributed by atoms with Crippen molar-refractivity contribution in [2.45, 2.75) is 19.0 Å². The number of rotatable bonds is 4. The Kier molecular flexibility index (Phi) is 3.88. The molecule has 0 fully saturated rings. The normalized spacial score (nSPS) is 14.2. The van der Waals surface area contributed by atoms with Crippen LogP contribution in [0.3, 0.4) is 0 Å². The number of carbonyl (C=O) groups is 1. The summed E-state index contributed by atoms with van der Waals surface area (Å²) < 4.78 is 0. The van der Waals surface area contributed by atoms with Gasteiger partial charge in [-0.25, -0.2) is 4.98 Å². The molecule has 0 saturated heterocycles. The Bertz CT molecular complexity index is 467. The predicted molar refractivity (Wildman–Crippen MR) is 69.9 cm³/mol. The molecule has 2 atom stereocenters. The van der Waals surface area contributed by atoms with Crippen molar-refractivity contribution < 1.29 is 4.79 Å². The molecule has 0 bridgehead atoms. The van der Waals surface area contributed by atoms with Gasteiger partial charge in [-0.2, -0.15) is 0 Å². The van der Waals surface area contributed by atoms with E-state index >= 15 is 0 Å². The summed E-state index contributed by atoms with van der Waals surface area (Å²) >= 11 is 3.00. The lowest BCUT2D eigenvalue weighted by atomic mass is 10.2. The van der Waals surface area contributed by atoms with Crippen LogP contribution in [0, 0.1) is 0 Å². The van der Waals surface area contributed by atoms with E-state index in [9.17, 15) is 4.79 Å². The van der Waals surface area contributed by atoms with Crippen molar-refractivity contribution in [3.05, 3.63) is 39.0 Å². The van der Waals surface area contributed by atoms with Gasteiger partial charge in [0.15, 0.2) is 0 Å². The average molecular weight is 267 g/mol. The Balaban J connectivity index is 1.98. The van der Waals surface area contributed by atoms with E-state index in [-0.39, 0.29) is 11.9 Å². The van der Waals surface area contributed by atoms with Gasteiger partial charge >= 0.3 is 0 Å². The Morgan fingerprint density at radius 2 is 2.29 bits per heavy atom. The highest BCUT2D eigenvalue weighted by molar-refractivity contribution is 7.10. The molecular weight excluding hydrogens is 254 g/mol. The standard InChI is InChI=1S/C11H13N3OS2/c1-7(11-13-4-6-17-11)14-10(15)9(12)8-3-2-5-16-8/h2-7,9H,12H2,1H3,(H,14,15). The summed E-state index contributed by atoms with van der Waals surface area (Å²) in [5.41, 5.74) is 5.87. The van der Waals surface area contributed by atoms with Crippen LogP contribution in [0.4, 0.5) is 0 Å². The minimum absolute atomic E-state index is 0.103. The van der Waals surface area contributed by atoms with Gasteiger partial charge in [0.05, 0.1) is 6.04 Å². The first-order valence-electron chi connectivity index (χ1n) is 5.17. The molecule has 0 radical (unpaired) electrons. The smallest absolute Gasteiger partial charge is 0.242 e. The van der Waals surface area contributed by atoms with Crippen LogP contribution >= 0.6 is 22.7 Å². The fourth-order valence-corrected chi connectivity index (χ4v) is 2.78. The van der Waals surface area contributed by atoms with Gasteiger partial charge in [0.2, 0.25) is 5.91 Å². The second-order valence-corrected chi connectivity index (χ2v) is 5.50. The van der Waals surface area contributed by atoms with Crippen molar-refractivity contribution in [2.75, 3.05) is 0 Å². The molecule has 17 heavy (non-hydrogen) atoms. The highest BCUT2D eigenvalue weighted by Crippen LogP contribution is 2.19.